The van der Waals surface area contributed by atoms with Gasteiger partial charge in [-0.15, -0.1) is 0 Å². The average molecular weight is 401 g/mol. The van der Waals surface area contributed by atoms with E-state index in [1.165, 1.54) is 0 Å². The number of hydrogen-bond donors (Lipinski definition) is 1. The smallest absolute Gasteiger partial charge is 0.194 e. The number of ketones is 1. The van der Waals surface area contributed by atoms with Crippen molar-refractivity contribution in [1.29, 1.82) is 0 Å². The van der Waals surface area contributed by atoms with Gasteiger partial charge in [0.05, 0.1) is 5.69 Å². The molecule has 0 saturated heterocycles. The van der Waals surface area contributed by atoms with Gasteiger partial charge in [0, 0.05) is 44.5 Å². The number of rotatable bonds is 2. The largest absolute Gasteiger partial charge is 0.361 e. The number of para-hydroxylation sites is 1. The molecule has 1 aliphatic carbocycles. The van der Waals surface area contributed by atoms with Crippen molar-refractivity contribution in [3.8, 4) is 11.1 Å². The molecule has 0 bridgehead atoms. The Balaban J connectivity index is 1.59. The second-order valence-corrected chi connectivity index (χ2v) is 7.13. The zero-order valence-electron chi connectivity index (χ0n) is 13.7. The monoisotopic (exact) mass is 400 g/mol. The van der Waals surface area contributed by atoms with Crippen molar-refractivity contribution in [3.63, 3.8) is 0 Å². The molecular weight excluding hydrogens is 388 g/mol. The zero-order chi connectivity index (χ0) is 17.7. The number of aromatic amines is 1. The molecule has 0 atom stereocenters. The summed E-state index contributed by atoms with van der Waals surface area (Å²) in [6.07, 6.45) is 3.77. The fraction of sp³-hybridized carbons (Fsp3) is 0. The summed E-state index contributed by atoms with van der Waals surface area (Å²) in [5.74, 6) is 0.0617. The van der Waals surface area contributed by atoms with Crippen LogP contribution in [0.5, 0.6) is 0 Å². The first-order valence-corrected chi connectivity index (χ1v) is 9.09. The SMILES string of the molecule is O=C1c2ccccc2-c2cc(Br)c(N=Cc3c[nH]c4ccccc34)cc21. The molecule has 1 heterocycles. The molecular formula is C22H13BrN2O. The van der Waals surface area contributed by atoms with E-state index in [1.807, 2.05) is 67.0 Å². The van der Waals surface area contributed by atoms with E-state index in [1.54, 1.807) is 0 Å². The molecule has 3 nitrogen and oxygen atoms in total. The van der Waals surface area contributed by atoms with Gasteiger partial charge in [-0.05, 0) is 45.3 Å². The molecule has 0 aliphatic heterocycles. The molecule has 5 rings (SSSR count). The van der Waals surface area contributed by atoms with Crippen molar-refractivity contribution in [3.05, 3.63) is 88.0 Å². The van der Waals surface area contributed by atoms with E-state index in [0.29, 0.717) is 5.56 Å². The Hall–Kier alpha value is -2.98. The van der Waals surface area contributed by atoms with Crippen LogP contribution >= 0.6 is 15.9 Å². The number of carbonyl (C=O) groups is 1. The van der Waals surface area contributed by atoms with Gasteiger partial charge < -0.3 is 4.98 Å². The normalized spacial score (nSPS) is 12.7. The summed E-state index contributed by atoms with van der Waals surface area (Å²) in [6, 6.07) is 19.7. The minimum Gasteiger partial charge on any atom is -0.361 e. The Labute approximate surface area is 158 Å². The van der Waals surface area contributed by atoms with Crippen LogP contribution in [-0.2, 0) is 0 Å². The van der Waals surface area contributed by atoms with Gasteiger partial charge in [-0.2, -0.15) is 0 Å². The van der Waals surface area contributed by atoms with Gasteiger partial charge >= 0.3 is 0 Å². The van der Waals surface area contributed by atoms with E-state index >= 15 is 0 Å². The number of hydrogen-bond acceptors (Lipinski definition) is 2. The van der Waals surface area contributed by atoms with Crippen LogP contribution < -0.4 is 0 Å². The van der Waals surface area contributed by atoms with E-state index in [-0.39, 0.29) is 5.78 Å². The molecule has 1 N–H and O–H groups in total. The Morgan fingerprint density at radius 1 is 0.885 bits per heavy atom. The molecule has 1 aliphatic rings. The van der Waals surface area contributed by atoms with Gasteiger partial charge in [-0.3, -0.25) is 9.79 Å². The molecule has 0 radical (unpaired) electrons. The van der Waals surface area contributed by atoms with Gasteiger partial charge in [0.25, 0.3) is 0 Å². The van der Waals surface area contributed by atoms with Crippen LogP contribution in [0.15, 0.2) is 76.3 Å². The number of carbonyl (C=O) groups excluding carboxylic acids is 1. The van der Waals surface area contributed by atoms with Crippen molar-refractivity contribution in [1.82, 2.24) is 4.98 Å². The second kappa shape index (κ2) is 5.78. The lowest BCUT2D eigenvalue weighted by molar-refractivity contribution is 0.104. The first-order valence-electron chi connectivity index (χ1n) is 8.30. The van der Waals surface area contributed by atoms with Crippen molar-refractivity contribution >= 4 is 44.5 Å². The number of fused-ring (bicyclic) bond motifs is 4. The van der Waals surface area contributed by atoms with E-state index in [4.69, 9.17) is 0 Å². The lowest BCUT2D eigenvalue weighted by atomic mass is 10.1. The van der Waals surface area contributed by atoms with Crippen LogP contribution in [-0.4, -0.2) is 17.0 Å². The zero-order valence-corrected chi connectivity index (χ0v) is 15.2. The third-order valence-electron chi connectivity index (χ3n) is 4.76. The van der Waals surface area contributed by atoms with Gasteiger partial charge in [-0.1, -0.05) is 42.5 Å². The third kappa shape index (κ3) is 2.26. The number of benzene rings is 3. The fourth-order valence-corrected chi connectivity index (χ4v) is 3.92. The summed E-state index contributed by atoms with van der Waals surface area (Å²) in [5, 5.41) is 1.12. The van der Waals surface area contributed by atoms with Crippen molar-refractivity contribution in [2.24, 2.45) is 4.99 Å². The van der Waals surface area contributed by atoms with Gasteiger partial charge in [0.2, 0.25) is 0 Å². The molecule has 0 amide bonds. The topological polar surface area (TPSA) is 45.2 Å². The average Bonchev–Trinajstić information content (AvgIpc) is 3.20. The van der Waals surface area contributed by atoms with E-state index in [0.717, 1.165) is 43.3 Å². The maximum Gasteiger partial charge on any atom is 0.194 e. The van der Waals surface area contributed by atoms with Crippen molar-refractivity contribution in [2.45, 2.75) is 0 Å². The predicted octanol–water partition coefficient (Wildman–Crippen LogP) is 5.89. The van der Waals surface area contributed by atoms with Crippen LogP contribution in [0.25, 0.3) is 22.0 Å². The standard InChI is InChI=1S/C22H13BrN2O/c23-19-9-17-15-6-1-2-7-16(15)22(26)18(17)10-21(19)25-12-13-11-24-20-8-4-3-5-14(13)20/h1-12,24H. The summed E-state index contributed by atoms with van der Waals surface area (Å²) >= 11 is 3.60. The summed E-state index contributed by atoms with van der Waals surface area (Å²) in [6.45, 7) is 0. The van der Waals surface area contributed by atoms with E-state index in [2.05, 4.69) is 32.0 Å². The van der Waals surface area contributed by atoms with Crippen LogP contribution in [0, 0.1) is 0 Å². The molecule has 124 valence electrons. The Morgan fingerprint density at radius 2 is 1.65 bits per heavy atom. The van der Waals surface area contributed by atoms with E-state index in [9.17, 15) is 4.79 Å². The first-order chi connectivity index (χ1) is 12.7. The molecule has 4 heteroatoms. The highest BCUT2D eigenvalue weighted by Crippen LogP contribution is 2.41. The minimum absolute atomic E-state index is 0.0617. The molecule has 0 saturated carbocycles. The second-order valence-electron chi connectivity index (χ2n) is 6.27. The Kier molecular flexibility index (Phi) is 3.40. The third-order valence-corrected chi connectivity index (χ3v) is 5.39. The van der Waals surface area contributed by atoms with Crippen molar-refractivity contribution in [2.75, 3.05) is 0 Å². The number of aliphatic imine (C=N–C) groups is 1. The van der Waals surface area contributed by atoms with Gasteiger partial charge in [-0.25, -0.2) is 0 Å². The van der Waals surface area contributed by atoms with Crippen LogP contribution in [0.4, 0.5) is 5.69 Å². The fourth-order valence-electron chi connectivity index (χ4n) is 3.47. The summed E-state index contributed by atoms with van der Waals surface area (Å²) in [5.41, 5.74) is 6.25. The van der Waals surface area contributed by atoms with Crippen LogP contribution in [0.1, 0.15) is 21.5 Å². The lowest BCUT2D eigenvalue weighted by Crippen LogP contribution is -1.94. The highest BCUT2D eigenvalue weighted by molar-refractivity contribution is 9.10. The molecule has 4 aromatic rings. The predicted molar refractivity (Wildman–Crippen MR) is 109 cm³/mol. The number of nitrogens with zero attached hydrogens (tertiary/aromatic N) is 1. The van der Waals surface area contributed by atoms with Crippen LogP contribution in [0.3, 0.4) is 0 Å². The molecule has 0 unspecified atom stereocenters. The lowest BCUT2D eigenvalue weighted by Gasteiger charge is -2.04. The highest BCUT2D eigenvalue weighted by atomic mass is 79.9. The Morgan fingerprint density at radius 3 is 2.54 bits per heavy atom. The minimum atomic E-state index is 0.0617. The summed E-state index contributed by atoms with van der Waals surface area (Å²) in [4.78, 5) is 20.6. The number of halogens is 1. The van der Waals surface area contributed by atoms with Gasteiger partial charge in [0.15, 0.2) is 5.78 Å². The summed E-state index contributed by atoms with van der Waals surface area (Å²) < 4.78 is 0.872. The molecule has 1 aromatic heterocycles. The highest BCUT2D eigenvalue weighted by Gasteiger charge is 2.27. The number of nitrogens with one attached hydrogen (secondary N) is 1. The molecule has 0 fully saturated rings. The maximum atomic E-state index is 12.7. The summed E-state index contributed by atoms with van der Waals surface area (Å²) in [7, 11) is 0. The van der Waals surface area contributed by atoms with E-state index < -0.39 is 0 Å². The van der Waals surface area contributed by atoms with Crippen molar-refractivity contribution < 1.29 is 4.79 Å². The quantitative estimate of drug-likeness (QED) is 0.368. The first kappa shape index (κ1) is 15.3. The molecule has 0 spiro atoms. The number of H-pyrrole nitrogens is 1. The molecule has 3 aromatic carbocycles. The maximum absolute atomic E-state index is 12.7. The molecule has 26 heavy (non-hydrogen) atoms. The Bertz CT molecular complexity index is 1220. The van der Waals surface area contributed by atoms with Gasteiger partial charge in [0.1, 0.15) is 0 Å². The van der Waals surface area contributed by atoms with Crippen LogP contribution in [0.2, 0.25) is 0 Å². The number of aromatic nitrogens is 1.